The van der Waals surface area contributed by atoms with Gasteiger partial charge in [0.25, 0.3) is 0 Å². The average molecular weight is 307 g/mol. The van der Waals surface area contributed by atoms with Gasteiger partial charge < -0.3 is 20.3 Å². The van der Waals surface area contributed by atoms with E-state index in [0.29, 0.717) is 25.2 Å². The van der Waals surface area contributed by atoms with Crippen LogP contribution in [0.5, 0.6) is 0 Å². The van der Waals surface area contributed by atoms with E-state index in [0.717, 1.165) is 0 Å². The van der Waals surface area contributed by atoms with E-state index in [1.165, 1.54) is 24.3 Å². The molecule has 0 aromatic heterocycles. The van der Waals surface area contributed by atoms with Gasteiger partial charge in [-0.2, -0.15) is 0 Å². The fourth-order valence-electron chi connectivity index (χ4n) is 3.02. The Labute approximate surface area is 127 Å². The first-order chi connectivity index (χ1) is 10.6. The van der Waals surface area contributed by atoms with Crippen LogP contribution in [0.3, 0.4) is 0 Å². The zero-order valence-electron chi connectivity index (χ0n) is 12.2. The molecule has 2 aliphatic heterocycles. The summed E-state index contributed by atoms with van der Waals surface area (Å²) >= 11 is 0. The number of benzene rings is 1. The van der Waals surface area contributed by atoms with Crippen molar-refractivity contribution in [1.82, 2.24) is 10.2 Å². The van der Waals surface area contributed by atoms with E-state index in [1.54, 1.807) is 11.9 Å². The van der Waals surface area contributed by atoms with Crippen molar-refractivity contribution in [3.05, 3.63) is 30.1 Å². The van der Waals surface area contributed by atoms with Crippen LogP contribution in [0.4, 0.5) is 14.9 Å². The van der Waals surface area contributed by atoms with Crippen LogP contribution in [0.15, 0.2) is 24.3 Å². The topological polar surface area (TPSA) is 70.7 Å². The van der Waals surface area contributed by atoms with Crippen LogP contribution in [0, 0.1) is 11.7 Å². The number of amides is 3. The van der Waals surface area contributed by atoms with Crippen molar-refractivity contribution < 1.29 is 18.7 Å². The maximum atomic E-state index is 12.9. The summed E-state index contributed by atoms with van der Waals surface area (Å²) in [6, 6.07) is 5.34. The molecule has 0 radical (unpaired) electrons. The molecular weight excluding hydrogens is 289 g/mol. The summed E-state index contributed by atoms with van der Waals surface area (Å²) in [5, 5.41) is 5.37. The summed E-state index contributed by atoms with van der Waals surface area (Å²) in [6.07, 6.45) is 0.252. The highest BCUT2D eigenvalue weighted by atomic mass is 19.1. The van der Waals surface area contributed by atoms with Crippen molar-refractivity contribution in [3.63, 3.8) is 0 Å². The maximum absolute atomic E-state index is 12.9. The number of nitrogens with one attached hydrogen (secondary N) is 2. The third-order valence-electron chi connectivity index (χ3n) is 4.12. The van der Waals surface area contributed by atoms with Gasteiger partial charge in [0, 0.05) is 25.8 Å². The Kier molecular flexibility index (Phi) is 3.98. The van der Waals surface area contributed by atoms with Crippen LogP contribution >= 0.6 is 0 Å². The van der Waals surface area contributed by atoms with E-state index < -0.39 is 0 Å². The van der Waals surface area contributed by atoms with Gasteiger partial charge in [-0.1, -0.05) is 0 Å². The molecule has 7 heteroatoms. The molecule has 1 aromatic carbocycles. The molecule has 3 rings (SSSR count). The van der Waals surface area contributed by atoms with E-state index in [4.69, 9.17) is 4.74 Å². The molecule has 2 fully saturated rings. The largest absolute Gasteiger partial charge is 0.370 e. The minimum atomic E-state index is -0.351. The lowest BCUT2D eigenvalue weighted by molar-refractivity contribution is -0.127. The Morgan fingerprint density at radius 2 is 2.00 bits per heavy atom. The zero-order valence-corrected chi connectivity index (χ0v) is 12.2. The quantitative estimate of drug-likeness (QED) is 0.862. The second-order valence-electron chi connectivity index (χ2n) is 5.60. The Balaban J connectivity index is 1.63. The molecule has 2 bridgehead atoms. The molecule has 3 amide bonds. The second kappa shape index (κ2) is 5.92. The van der Waals surface area contributed by atoms with Crippen molar-refractivity contribution in [2.45, 2.75) is 18.6 Å². The third kappa shape index (κ3) is 2.89. The van der Waals surface area contributed by atoms with Crippen LogP contribution in [0.1, 0.15) is 6.42 Å². The molecular formula is C15H18FN3O3. The number of likely N-dealkylation sites (tertiary alicyclic amines) is 1. The van der Waals surface area contributed by atoms with Crippen LogP contribution in [0.25, 0.3) is 0 Å². The number of halogens is 1. The molecule has 0 saturated carbocycles. The number of carbonyl (C=O) groups is 2. The van der Waals surface area contributed by atoms with Gasteiger partial charge >= 0.3 is 6.03 Å². The molecule has 0 unspecified atom stereocenters. The Bertz CT molecular complexity index is 578. The number of nitrogens with zero attached hydrogens (tertiary/aromatic N) is 1. The Morgan fingerprint density at radius 3 is 2.68 bits per heavy atom. The molecule has 0 aliphatic carbocycles. The molecule has 22 heavy (non-hydrogen) atoms. The molecule has 2 aliphatic rings. The first kappa shape index (κ1) is 14.8. The number of morpholine rings is 1. The summed E-state index contributed by atoms with van der Waals surface area (Å²) in [4.78, 5) is 25.7. The van der Waals surface area contributed by atoms with Crippen LogP contribution < -0.4 is 10.6 Å². The van der Waals surface area contributed by atoms with Crippen LogP contribution in [-0.2, 0) is 9.53 Å². The van der Waals surface area contributed by atoms with E-state index in [9.17, 15) is 14.0 Å². The van der Waals surface area contributed by atoms with Crippen molar-refractivity contribution in [1.29, 1.82) is 0 Å². The molecule has 118 valence electrons. The minimum absolute atomic E-state index is 0.0479. The van der Waals surface area contributed by atoms with Gasteiger partial charge in [0.2, 0.25) is 5.91 Å². The highest BCUT2D eigenvalue weighted by molar-refractivity contribution is 5.89. The Hall–Kier alpha value is -2.15. The first-order valence-electron chi connectivity index (χ1n) is 7.25. The number of fused-ring (bicyclic) bond motifs is 2. The summed E-state index contributed by atoms with van der Waals surface area (Å²) in [7, 11) is 1.60. The van der Waals surface area contributed by atoms with Gasteiger partial charge in [-0.25, -0.2) is 9.18 Å². The molecule has 0 spiro atoms. The zero-order chi connectivity index (χ0) is 15.7. The minimum Gasteiger partial charge on any atom is -0.370 e. The third-order valence-corrected chi connectivity index (χ3v) is 4.12. The average Bonchev–Trinajstić information content (AvgIpc) is 2.82. The summed E-state index contributed by atoms with van der Waals surface area (Å²) in [5.74, 6) is -0.609. The molecule has 2 N–H and O–H groups in total. The smallest absolute Gasteiger partial charge is 0.322 e. The number of anilines is 1. The summed E-state index contributed by atoms with van der Waals surface area (Å²) in [5.41, 5.74) is 0.535. The van der Waals surface area contributed by atoms with Gasteiger partial charge in [0.15, 0.2) is 0 Å². The standard InChI is InChI=1S/C15H18FN3O3/c1-17-14(20)12-6-11-7-19(8-13(12)22-11)15(21)18-10-4-2-9(16)3-5-10/h2-5,11-13H,6-8H2,1H3,(H,17,20)(H,18,21)/t11-,12+,13-/m1/s1. The van der Waals surface area contributed by atoms with E-state index >= 15 is 0 Å². The fourth-order valence-corrected chi connectivity index (χ4v) is 3.02. The van der Waals surface area contributed by atoms with Crippen molar-refractivity contribution >= 4 is 17.6 Å². The molecule has 1 aromatic rings. The first-order valence-corrected chi connectivity index (χ1v) is 7.25. The van der Waals surface area contributed by atoms with Gasteiger partial charge in [-0.05, 0) is 30.7 Å². The Morgan fingerprint density at radius 1 is 1.27 bits per heavy atom. The maximum Gasteiger partial charge on any atom is 0.322 e. The molecule has 6 nitrogen and oxygen atoms in total. The molecule has 2 heterocycles. The van der Waals surface area contributed by atoms with Crippen LogP contribution in [0.2, 0.25) is 0 Å². The second-order valence-corrected chi connectivity index (χ2v) is 5.60. The number of ether oxygens (including phenoxy) is 1. The van der Waals surface area contributed by atoms with E-state index in [1.807, 2.05) is 0 Å². The van der Waals surface area contributed by atoms with Crippen molar-refractivity contribution in [2.75, 3.05) is 25.5 Å². The van der Waals surface area contributed by atoms with Gasteiger partial charge in [-0.15, -0.1) is 0 Å². The lowest BCUT2D eigenvalue weighted by Gasteiger charge is -2.32. The normalized spacial score (nSPS) is 26.6. The van der Waals surface area contributed by atoms with Gasteiger partial charge in [-0.3, -0.25) is 4.79 Å². The van der Waals surface area contributed by atoms with Crippen molar-refractivity contribution in [2.24, 2.45) is 5.92 Å². The fraction of sp³-hybridized carbons (Fsp3) is 0.467. The highest BCUT2D eigenvalue weighted by Crippen LogP contribution is 2.32. The predicted octanol–water partition coefficient (Wildman–Crippen LogP) is 1.19. The van der Waals surface area contributed by atoms with Crippen LogP contribution in [-0.4, -0.2) is 49.2 Å². The number of hydrogen-bond donors (Lipinski definition) is 2. The number of carbonyl (C=O) groups excluding carboxylic acids is 2. The van der Waals surface area contributed by atoms with Gasteiger partial charge in [0.05, 0.1) is 18.1 Å². The van der Waals surface area contributed by atoms with Crippen molar-refractivity contribution in [3.8, 4) is 0 Å². The summed E-state index contributed by atoms with van der Waals surface area (Å²) in [6.45, 7) is 0.832. The highest BCUT2D eigenvalue weighted by Gasteiger charge is 2.45. The van der Waals surface area contributed by atoms with E-state index in [-0.39, 0.29) is 35.9 Å². The van der Waals surface area contributed by atoms with E-state index in [2.05, 4.69) is 10.6 Å². The molecule has 3 atom stereocenters. The van der Waals surface area contributed by atoms with Gasteiger partial charge in [0.1, 0.15) is 5.82 Å². The molecule has 2 saturated heterocycles. The lowest BCUT2D eigenvalue weighted by atomic mass is 10.00. The SMILES string of the molecule is CNC(=O)[C@H]1C[C@@H]2CN(C(=O)Nc3ccc(F)cc3)C[C@H]1O2. The predicted molar refractivity (Wildman–Crippen MR) is 77.8 cm³/mol. The number of hydrogen-bond acceptors (Lipinski definition) is 3. The monoisotopic (exact) mass is 307 g/mol. The summed E-state index contributed by atoms with van der Waals surface area (Å²) < 4.78 is 18.6. The lowest BCUT2D eigenvalue weighted by Crippen LogP contribution is -2.49. The number of urea groups is 1. The number of rotatable bonds is 2.